The molecule has 0 radical (unpaired) electrons. The van der Waals surface area contributed by atoms with Gasteiger partial charge in [-0.15, -0.1) is 0 Å². The average molecular weight is 177 g/mol. The molecule has 1 aromatic carbocycles. The zero-order chi connectivity index (χ0) is 9.47. The van der Waals surface area contributed by atoms with Crippen molar-refractivity contribution in [3.63, 3.8) is 0 Å². The Labute approximate surface area is 78.4 Å². The third kappa shape index (κ3) is 1.47. The molecule has 2 heteroatoms. The molecule has 0 bridgehead atoms. The van der Waals surface area contributed by atoms with E-state index in [0.717, 1.165) is 24.0 Å². The first-order valence-electron chi connectivity index (χ1n) is 4.70. The molecule has 3 N–H and O–H groups in total. The van der Waals surface area contributed by atoms with Crippen molar-refractivity contribution in [1.82, 2.24) is 0 Å². The van der Waals surface area contributed by atoms with Gasteiger partial charge in [0.1, 0.15) is 0 Å². The second-order valence-electron chi connectivity index (χ2n) is 3.92. The highest BCUT2D eigenvalue weighted by atomic mass is 16.3. The number of aliphatic hydroxyl groups excluding tert-OH is 1. The van der Waals surface area contributed by atoms with Crippen LogP contribution in [0.4, 0.5) is 0 Å². The van der Waals surface area contributed by atoms with Gasteiger partial charge in [-0.1, -0.05) is 24.3 Å². The molecule has 1 atom stereocenters. The van der Waals surface area contributed by atoms with Crippen LogP contribution in [0.1, 0.15) is 37.0 Å². The van der Waals surface area contributed by atoms with Crippen LogP contribution in [-0.4, -0.2) is 5.11 Å². The maximum Gasteiger partial charge on any atom is 0.0765 e. The summed E-state index contributed by atoms with van der Waals surface area (Å²) in [6.07, 6.45) is 1.66. The van der Waals surface area contributed by atoms with Gasteiger partial charge in [0.25, 0.3) is 0 Å². The van der Waals surface area contributed by atoms with E-state index in [0.29, 0.717) is 0 Å². The van der Waals surface area contributed by atoms with E-state index in [-0.39, 0.29) is 5.54 Å². The normalized spacial score (nSPS) is 21.2. The SMILES string of the molecule is CC(O)c1ccccc1C1(N)CC1. The number of hydrogen-bond acceptors (Lipinski definition) is 2. The molecule has 2 rings (SSSR count). The minimum atomic E-state index is -0.419. The Morgan fingerprint density at radius 2 is 2.00 bits per heavy atom. The fraction of sp³-hybridized carbons (Fsp3) is 0.455. The largest absolute Gasteiger partial charge is 0.389 e. The van der Waals surface area contributed by atoms with Crippen LogP contribution in [0.3, 0.4) is 0 Å². The van der Waals surface area contributed by atoms with Gasteiger partial charge in [-0.05, 0) is 30.9 Å². The monoisotopic (exact) mass is 177 g/mol. The van der Waals surface area contributed by atoms with Gasteiger partial charge in [-0.2, -0.15) is 0 Å². The molecule has 13 heavy (non-hydrogen) atoms. The molecule has 1 aliphatic carbocycles. The number of rotatable bonds is 2. The quantitative estimate of drug-likeness (QED) is 0.722. The summed E-state index contributed by atoms with van der Waals surface area (Å²) in [6.45, 7) is 1.78. The molecule has 0 aliphatic heterocycles. The summed E-state index contributed by atoms with van der Waals surface area (Å²) in [6, 6.07) is 7.90. The molecule has 1 saturated carbocycles. The third-order valence-corrected chi connectivity index (χ3v) is 2.74. The van der Waals surface area contributed by atoms with E-state index in [1.807, 2.05) is 24.3 Å². The Hall–Kier alpha value is -0.860. The summed E-state index contributed by atoms with van der Waals surface area (Å²) in [4.78, 5) is 0. The molecule has 1 fully saturated rings. The molecule has 1 unspecified atom stereocenters. The highest BCUT2D eigenvalue weighted by Crippen LogP contribution is 2.45. The van der Waals surface area contributed by atoms with Crippen molar-refractivity contribution in [1.29, 1.82) is 0 Å². The van der Waals surface area contributed by atoms with Gasteiger partial charge < -0.3 is 10.8 Å². The Kier molecular flexibility index (Phi) is 1.90. The number of benzene rings is 1. The van der Waals surface area contributed by atoms with E-state index < -0.39 is 6.10 Å². The third-order valence-electron chi connectivity index (χ3n) is 2.74. The molecule has 2 nitrogen and oxygen atoms in total. The number of aliphatic hydroxyl groups is 1. The molecule has 0 heterocycles. The lowest BCUT2D eigenvalue weighted by Gasteiger charge is -2.16. The highest BCUT2D eigenvalue weighted by Gasteiger charge is 2.41. The zero-order valence-corrected chi connectivity index (χ0v) is 7.83. The van der Waals surface area contributed by atoms with Crippen LogP contribution in [0.2, 0.25) is 0 Å². The van der Waals surface area contributed by atoms with Gasteiger partial charge in [0.15, 0.2) is 0 Å². The first kappa shape index (κ1) is 8.73. The van der Waals surface area contributed by atoms with Gasteiger partial charge in [-0.25, -0.2) is 0 Å². The van der Waals surface area contributed by atoms with Crippen LogP contribution in [0, 0.1) is 0 Å². The maximum atomic E-state index is 9.54. The van der Waals surface area contributed by atoms with Gasteiger partial charge >= 0.3 is 0 Å². The smallest absolute Gasteiger partial charge is 0.0765 e. The summed E-state index contributed by atoms with van der Waals surface area (Å²) < 4.78 is 0. The van der Waals surface area contributed by atoms with Crippen LogP contribution in [0.15, 0.2) is 24.3 Å². The maximum absolute atomic E-state index is 9.54. The minimum absolute atomic E-state index is 0.145. The second-order valence-corrected chi connectivity index (χ2v) is 3.92. The van der Waals surface area contributed by atoms with Crippen molar-refractivity contribution < 1.29 is 5.11 Å². The second kappa shape index (κ2) is 2.82. The molecular weight excluding hydrogens is 162 g/mol. The van der Waals surface area contributed by atoms with Crippen LogP contribution < -0.4 is 5.73 Å². The number of hydrogen-bond donors (Lipinski definition) is 2. The lowest BCUT2D eigenvalue weighted by Crippen LogP contribution is -2.21. The van der Waals surface area contributed by atoms with Gasteiger partial charge in [-0.3, -0.25) is 0 Å². The van der Waals surface area contributed by atoms with E-state index in [4.69, 9.17) is 5.73 Å². The fourth-order valence-electron chi connectivity index (χ4n) is 1.72. The van der Waals surface area contributed by atoms with Crippen molar-refractivity contribution in [2.75, 3.05) is 0 Å². The molecule has 0 spiro atoms. The Morgan fingerprint density at radius 3 is 2.54 bits per heavy atom. The standard InChI is InChI=1S/C11H15NO/c1-8(13)9-4-2-3-5-10(9)11(12)6-7-11/h2-5,8,13H,6-7,12H2,1H3. The Balaban J connectivity index is 2.44. The summed E-state index contributed by atoms with van der Waals surface area (Å²) in [5.41, 5.74) is 8.04. The average Bonchev–Trinajstić information content (AvgIpc) is 2.85. The lowest BCUT2D eigenvalue weighted by molar-refractivity contribution is 0.197. The molecule has 1 aliphatic rings. The highest BCUT2D eigenvalue weighted by molar-refractivity contribution is 5.38. The fourth-order valence-corrected chi connectivity index (χ4v) is 1.72. The van der Waals surface area contributed by atoms with E-state index in [2.05, 4.69) is 0 Å². The first-order valence-corrected chi connectivity index (χ1v) is 4.70. The van der Waals surface area contributed by atoms with Crippen LogP contribution in [-0.2, 0) is 5.54 Å². The summed E-state index contributed by atoms with van der Waals surface area (Å²) in [5, 5.41) is 9.54. The topological polar surface area (TPSA) is 46.2 Å². The van der Waals surface area contributed by atoms with Gasteiger partial charge in [0.05, 0.1) is 6.10 Å². The minimum Gasteiger partial charge on any atom is -0.389 e. The van der Waals surface area contributed by atoms with Gasteiger partial charge in [0, 0.05) is 5.54 Å². The molecule has 0 aromatic heterocycles. The van der Waals surface area contributed by atoms with Crippen LogP contribution in [0.25, 0.3) is 0 Å². The predicted molar refractivity (Wildman–Crippen MR) is 52.2 cm³/mol. The van der Waals surface area contributed by atoms with Gasteiger partial charge in [0.2, 0.25) is 0 Å². The van der Waals surface area contributed by atoms with Crippen LogP contribution in [0.5, 0.6) is 0 Å². The van der Waals surface area contributed by atoms with E-state index in [9.17, 15) is 5.11 Å². The predicted octanol–water partition coefficient (Wildman–Crippen LogP) is 1.69. The molecule has 1 aromatic rings. The Bertz CT molecular complexity index is 316. The van der Waals surface area contributed by atoms with Crippen molar-refractivity contribution in [3.05, 3.63) is 35.4 Å². The summed E-state index contributed by atoms with van der Waals surface area (Å²) in [7, 11) is 0. The lowest BCUT2D eigenvalue weighted by atomic mass is 9.96. The van der Waals surface area contributed by atoms with E-state index in [1.54, 1.807) is 6.92 Å². The van der Waals surface area contributed by atoms with Crippen molar-refractivity contribution in [3.8, 4) is 0 Å². The molecule has 70 valence electrons. The first-order chi connectivity index (χ1) is 6.13. The number of nitrogens with two attached hydrogens (primary N) is 1. The van der Waals surface area contributed by atoms with Crippen molar-refractivity contribution in [2.45, 2.75) is 31.4 Å². The molecule has 0 amide bonds. The van der Waals surface area contributed by atoms with E-state index in [1.165, 1.54) is 0 Å². The summed E-state index contributed by atoms with van der Waals surface area (Å²) >= 11 is 0. The van der Waals surface area contributed by atoms with Crippen LogP contribution >= 0.6 is 0 Å². The van der Waals surface area contributed by atoms with E-state index >= 15 is 0 Å². The zero-order valence-electron chi connectivity index (χ0n) is 7.83. The molecule has 0 saturated heterocycles. The summed E-state index contributed by atoms with van der Waals surface area (Å²) in [5.74, 6) is 0. The Morgan fingerprint density at radius 1 is 1.38 bits per heavy atom. The van der Waals surface area contributed by atoms with Crippen molar-refractivity contribution in [2.24, 2.45) is 5.73 Å². The van der Waals surface area contributed by atoms with Crippen molar-refractivity contribution >= 4 is 0 Å². The molecular formula is C11H15NO.